The molecule has 10 atom stereocenters. The maximum atomic E-state index is 13.3. The zero-order valence-corrected chi connectivity index (χ0v) is 77.4. The van der Waals surface area contributed by atoms with Gasteiger partial charge in [0.2, 0.25) is 5.78 Å². The molecule has 0 saturated heterocycles. The first kappa shape index (κ1) is 99.6. The lowest BCUT2D eigenvalue weighted by Crippen LogP contribution is -2.29. The molecule has 12 rings (SSSR count). The molecule has 0 aromatic heterocycles. The third kappa shape index (κ3) is 25.7. The molecule has 14 nitrogen and oxygen atoms in total. The highest BCUT2D eigenvalue weighted by Crippen LogP contribution is 2.53. The molecule has 0 amide bonds. The molecule has 6 unspecified atom stereocenters. The molecule has 0 saturated carbocycles. The van der Waals surface area contributed by atoms with Gasteiger partial charge in [0.05, 0.1) is 11.1 Å². The summed E-state index contributed by atoms with van der Waals surface area (Å²) in [7, 11) is 0. The van der Waals surface area contributed by atoms with E-state index in [0.29, 0.717) is 57.5 Å². The van der Waals surface area contributed by atoms with Crippen molar-refractivity contribution in [2.75, 3.05) is 0 Å². The van der Waals surface area contributed by atoms with Gasteiger partial charge in [0.25, 0.3) is 0 Å². The molecule has 670 valence electrons. The van der Waals surface area contributed by atoms with Gasteiger partial charge < -0.3 is 50.7 Å². The number of carbonyl (C=O) groups is 4. The second-order valence-corrected chi connectivity index (χ2v) is 36.5. The lowest BCUT2D eigenvalue weighted by Gasteiger charge is -2.32. The van der Waals surface area contributed by atoms with Gasteiger partial charge in [-0.05, 0) is 315 Å². The van der Waals surface area contributed by atoms with Crippen LogP contribution in [0.15, 0.2) is 227 Å². The van der Waals surface area contributed by atoms with Crippen LogP contribution in [0.5, 0.6) is 46.0 Å². The number of aryl methyl sites for hydroxylation is 4. The average molecular weight is 1700 g/mol. The van der Waals surface area contributed by atoms with Crippen molar-refractivity contribution in [3.8, 4) is 46.0 Å². The number of phenols is 7. The minimum atomic E-state index is -1.16. The summed E-state index contributed by atoms with van der Waals surface area (Å²) in [6, 6.07) is 26.1. The number of fused-ring (bicyclic) bond motifs is 1. The van der Waals surface area contributed by atoms with Gasteiger partial charge >= 0.3 is 11.9 Å². The number of rotatable bonds is 27. The zero-order valence-electron chi connectivity index (χ0n) is 77.4. The number of allylic oxidation sites excluding steroid dienone is 18. The van der Waals surface area contributed by atoms with Crippen LogP contribution in [0.25, 0.3) is 10.8 Å². The zero-order chi connectivity index (χ0) is 92.0. The Morgan fingerprint density at radius 2 is 0.744 bits per heavy atom. The van der Waals surface area contributed by atoms with Crippen molar-refractivity contribution in [1.29, 1.82) is 0 Å². The molecule has 125 heavy (non-hydrogen) atoms. The van der Waals surface area contributed by atoms with E-state index in [-0.39, 0.29) is 122 Å². The van der Waals surface area contributed by atoms with Crippen LogP contribution in [0.1, 0.15) is 321 Å². The number of Topliss-reactive ketones (excluding diaryl/α,β-unsaturated/α-hetero) is 1. The van der Waals surface area contributed by atoms with Gasteiger partial charge in [-0.15, -0.1) is 0 Å². The van der Waals surface area contributed by atoms with E-state index in [1.807, 2.05) is 147 Å². The van der Waals surface area contributed by atoms with Crippen molar-refractivity contribution in [3.05, 3.63) is 283 Å². The molecule has 0 radical (unpaired) electrons. The highest BCUT2D eigenvalue weighted by molar-refractivity contribution is 6.22. The molecule has 0 spiro atoms. The number of ether oxygens (including phenoxy) is 1. The number of ketones is 2. The van der Waals surface area contributed by atoms with E-state index in [1.54, 1.807) is 6.07 Å². The summed E-state index contributed by atoms with van der Waals surface area (Å²) in [6.07, 6.45) is 34.4. The largest absolute Gasteiger partial charge is 0.507 e. The van der Waals surface area contributed by atoms with E-state index in [9.17, 15) is 65.1 Å². The summed E-state index contributed by atoms with van der Waals surface area (Å²) in [5, 5.41) is 96.5. The van der Waals surface area contributed by atoms with Crippen molar-refractivity contribution in [2.24, 2.45) is 35.5 Å². The van der Waals surface area contributed by atoms with Gasteiger partial charge in [-0.3, -0.25) is 9.59 Å². The van der Waals surface area contributed by atoms with Gasteiger partial charge in [-0.1, -0.05) is 216 Å². The molecule has 14 heteroatoms. The van der Waals surface area contributed by atoms with Crippen molar-refractivity contribution < 1.29 is 69.9 Å². The van der Waals surface area contributed by atoms with Gasteiger partial charge in [-0.25, -0.2) is 9.59 Å². The molecule has 9 N–H and O–H groups in total. The lowest BCUT2D eigenvalue weighted by atomic mass is 9.71. The van der Waals surface area contributed by atoms with Crippen LogP contribution in [0.3, 0.4) is 0 Å². The fourth-order valence-corrected chi connectivity index (χ4v) is 19.0. The molecule has 6 aliphatic carbocycles. The smallest absolute Gasteiger partial charge is 0.343 e. The van der Waals surface area contributed by atoms with Crippen LogP contribution < -0.4 is 4.74 Å². The Kier molecular flexibility index (Phi) is 36.9. The number of esters is 1. The number of aliphatic hydroxyl groups is 1. The van der Waals surface area contributed by atoms with E-state index in [4.69, 9.17) is 4.74 Å². The Bertz CT molecular complexity index is 5060. The van der Waals surface area contributed by atoms with E-state index >= 15 is 0 Å². The minimum absolute atomic E-state index is 0.0199. The monoisotopic (exact) mass is 1700 g/mol. The molecule has 6 aliphatic rings. The van der Waals surface area contributed by atoms with Crippen molar-refractivity contribution in [3.63, 3.8) is 0 Å². The third-order valence-corrected chi connectivity index (χ3v) is 26.1. The fourth-order valence-electron chi connectivity index (χ4n) is 19.0. The second kappa shape index (κ2) is 46.4. The molecular weight excluding hydrogens is 1560 g/mol. The highest BCUT2D eigenvalue weighted by Gasteiger charge is 2.40. The molecule has 6 aromatic carbocycles. The van der Waals surface area contributed by atoms with Crippen molar-refractivity contribution >= 4 is 34.3 Å². The number of carboxylic acids is 1. The van der Waals surface area contributed by atoms with Crippen LogP contribution in [0.2, 0.25) is 0 Å². The molecule has 6 aromatic rings. The van der Waals surface area contributed by atoms with Gasteiger partial charge in [0, 0.05) is 57.4 Å². The Morgan fingerprint density at radius 3 is 1.13 bits per heavy atom. The summed E-state index contributed by atoms with van der Waals surface area (Å²) in [6.45, 7) is 51.3. The van der Waals surface area contributed by atoms with Crippen LogP contribution in [0.4, 0.5) is 0 Å². The number of unbranched alkanes of at least 4 members (excludes halogenated alkanes) is 4. The Balaban J connectivity index is 0.000000196. The summed E-state index contributed by atoms with van der Waals surface area (Å²) >= 11 is 0. The summed E-state index contributed by atoms with van der Waals surface area (Å²) in [5.74, 6) is -1.02. The number of carboxylic acid groups (broad SMARTS) is 1. The van der Waals surface area contributed by atoms with Gasteiger partial charge in [0.15, 0.2) is 11.5 Å². The number of phenolic OH excluding ortho intramolecular Hbond substituents is 6. The van der Waals surface area contributed by atoms with E-state index in [0.717, 1.165) is 197 Å². The van der Waals surface area contributed by atoms with Crippen LogP contribution >= 0.6 is 0 Å². The van der Waals surface area contributed by atoms with Crippen molar-refractivity contribution in [2.45, 2.75) is 282 Å². The maximum absolute atomic E-state index is 13.3. The molecule has 0 heterocycles. The predicted molar refractivity (Wildman–Crippen MR) is 511 cm³/mol. The summed E-state index contributed by atoms with van der Waals surface area (Å²) in [5.41, 5.74) is 18.4. The predicted octanol–water partition coefficient (Wildman–Crippen LogP) is 28.4. The topological polar surface area (TPSA) is 260 Å². The van der Waals surface area contributed by atoms with E-state index in [1.165, 1.54) is 40.0 Å². The normalized spacial score (nSPS) is 21.0. The number of hydrogen-bond acceptors (Lipinski definition) is 13. The highest BCUT2D eigenvalue weighted by atomic mass is 16.5. The first-order valence-corrected chi connectivity index (χ1v) is 45.7. The van der Waals surface area contributed by atoms with E-state index in [2.05, 4.69) is 92.7 Å². The number of benzene rings is 6. The average Bonchev–Trinajstić information content (AvgIpc) is 0.741. The quantitative estimate of drug-likeness (QED) is 0.0101. The standard InChI is InChI=1S/C31H34O3.C21H28O4.2C20H28O2.C19H24O3/c1-5-6-9-22-17-28(32)30(27-16-21(4)12-15-26(27)20(2)3)29(18-22)34-31(33)25-14-13-23-10-7-8-11-24(23)19-25;1-5-6-7-14-11-17(22)19(20(23)18(14)21(24)25)16-10-13(4)8-9-15(16)12(2)3;2*1-5-6-7-15-11-18(21)20(19(22)12-15)17-10-14(4)8-9-16(17)13(2)3;1-5-6-13-10-16(20)17(19(22)18(13)21)15-9-12(4)7-8-14(15)11(2)3/h7-8,10-11,13-14,16-19,26-27,32H,2,5-6,9,12,15H2,1,3-4H3;10-11,15-16,22-23H,2,5-9H2,1,3-4H3,(H,24,25);2*10-12,16-17,21-22H,2,5-9H2,1,3-4H3;9-10,14-15,22H,2,5-8H2,1,3-4H3/t;;16-,17+;;14-,15+/m..0.0/s1. The SMILES string of the molecule is C=C(C)C1CCC(C)=CC1c1c(O)cc(CCCC)c(C(=O)O)c1O.C=C(C)C1CCC(C)=CC1c1c(O)cc(CCCC)cc1O.C=C(C)C1CCC(C)=CC1c1c(O)cc(CCCC)cc1OC(=O)c1ccc2ccccc2c1.C=C(C)[C@@H]1CCC(C)=C[C@H]1C1=C(O)C(=O)C(CCC)=CC1=O.C=C(C)[C@@H]1CCC(C)=C[C@H]1c1c(O)cc(CCCC)cc1O. The summed E-state index contributed by atoms with van der Waals surface area (Å²) < 4.78 is 6.04. The van der Waals surface area contributed by atoms with E-state index < -0.39 is 17.7 Å². The Morgan fingerprint density at radius 1 is 0.400 bits per heavy atom. The molecule has 0 aliphatic heterocycles. The van der Waals surface area contributed by atoms with Crippen molar-refractivity contribution in [1.82, 2.24) is 0 Å². The number of carbonyl (C=O) groups excluding carboxylic acids is 3. The Labute approximate surface area is 745 Å². The van der Waals surface area contributed by atoms with Gasteiger partial charge in [0.1, 0.15) is 51.6 Å². The maximum Gasteiger partial charge on any atom is 0.343 e. The van der Waals surface area contributed by atoms with Crippen LogP contribution in [-0.4, -0.2) is 69.5 Å². The minimum Gasteiger partial charge on any atom is -0.507 e. The molecular formula is C111H142O14. The lowest BCUT2D eigenvalue weighted by molar-refractivity contribution is -0.118. The first-order chi connectivity index (χ1) is 59.4. The number of aromatic carboxylic acids is 1. The molecule has 0 bridgehead atoms. The number of aromatic hydroxyl groups is 7. The first-order valence-electron chi connectivity index (χ1n) is 45.7. The Hall–Kier alpha value is -10.9. The number of aliphatic hydroxyl groups excluding tert-OH is 1. The summed E-state index contributed by atoms with van der Waals surface area (Å²) in [4.78, 5) is 49.8. The third-order valence-electron chi connectivity index (χ3n) is 26.1. The second-order valence-electron chi connectivity index (χ2n) is 36.5. The molecule has 0 fully saturated rings. The van der Waals surface area contributed by atoms with Crippen LogP contribution in [0, 0.1) is 35.5 Å². The number of hydrogen-bond donors (Lipinski definition) is 9. The fraction of sp³-hybridized carbons (Fsp3) is 0.441. The van der Waals surface area contributed by atoms with Crippen LogP contribution in [-0.2, 0) is 35.3 Å². The van der Waals surface area contributed by atoms with Gasteiger partial charge in [-0.2, -0.15) is 0 Å².